The zero-order chi connectivity index (χ0) is 12.9. The Balaban J connectivity index is 2.76. The molecule has 1 amide bonds. The standard InChI is InChI=1S/C13H17N3O/c1-4-9-16(2,3)10-11-5-7-12(8-6-11)13(17)15-14/h1,5-8H,9-10,14H2,2-3H3/p+1. The molecule has 0 spiro atoms. The van der Waals surface area contributed by atoms with Gasteiger partial charge >= 0.3 is 0 Å². The molecule has 1 aromatic carbocycles. The normalized spacial score (nSPS) is 10.7. The Morgan fingerprint density at radius 2 is 2.00 bits per heavy atom. The minimum Gasteiger partial charge on any atom is -0.315 e. The van der Waals surface area contributed by atoms with Crippen LogP contribution in [0.5, 0.6) is 0 Å². The van der Waals surface area contributed by atoms with E-state index in [1.165, 1.54) is 0 Å². The molecular formula is C13H18N3O+. The maximum atomic E-state index is 11.2. The topological polar surface area (TPSA) is 55.1 Å². The number of hydrazine groups is 1. The summed E-state index contributed by atoms with van der Waals surface area (Å²) in [6, 6.07) is 7.35. The molecule has 0 fully saturated rings. The largest absolute Gasteiger partial charge is 0.315 e. The average Bonchev–Trinajstić information content (AvgIpc) is 2.28. The third-order valence-electron chi connectivity index (χ3n) is 2.48. The van der Waals surface area contributed by atoms with E-state index in [1.54, 1.807) is 12.1 Å². The summed E-state index contributed by atoms with van der Waals surface area (Å²) in [5.41, 5.74) is 3.79. The lowest BCUT2D eigenvalue weighted by atomic mass is 10.1. The zero-order valence-corrected chi connectivity index (χ0v) is 10.2. The highest BCUT2D eigenvalue weighted by Crippen LogP contribution is 2.10. The summed E-state index contributed by atoms with van der Waals surface area (Å²) in [5, 5.41) is 0. The molecule has 3 N–H and O–H groups in total. The highest BCUT2D eigenvalue weighted by molar-refractivity contribution is 5.93. The highest BCUT2D eigenvalue weighted by atomic mass is 16.2. The van der Waals surface area contributed by atoms with Gasteiger partial charge in [-0.15, -0.1) is 6.42 Å². The van der Waals surface area contributed by atoms with Crippen molar-refractivity contribution < 1.29 is 9.28 Å². The van der Waals surface area contributed by atoms with Crippen molar-refractivity contribution in [3.8, 4) is 12.3 Å². The van der Waals surface area contributed by atoms with Gasteiger partial charge in [0.2, 0.25) is 0 Å². The van der Waals surface area contributed by atoms with Gasteiger partial charge < -0.3 is 4.48 Å². The zero-order valence-electron chi connectivity index (χ0n) is 10.2. The molecule has 4 nitrogen and oxygen atoms in total. The fourth-order valence-corrected chi connectivity index (χ4v) is 1.64. The minimum atomic E-state index is -0.283. The van der Waals surface area contributed by atoms with Crippen molar-refractivity contribution >= 4 is 5.91 Å². The number of benzene rings is 1. The van der Waals surface area contributed by atoms with Crippen LogP contribution in [0.25, 0.3) is 0 Å². The summed E-state index contributed by atoms with van der Waals surface area (Å²) in [6.45, 7) is 1.50. The second-order valence-electron chi connectivity index (χ2n) is 4.63. The Kier molecular flexibility index (Phi) is 4.27. The fourth-order valence-electron chi connectivity index (χ4n) is 1.64. The molecule has 4 heteroatoms. The molecule has 0 heterocycles. The molecule has 1 aromatic rings. The first kappa shape index (κ1) is 13.2. The Bertz CT molecular complexity index is 429. The number of quaternary nitrogens is 1. The number of nitrogens with two attached hydrogens (primary N) is 1. The van der Waals surface area contributed by atoms with Crippen molar-refractivity contribution in [2.45, 2.75) is 6.54 Å². The van der Waals surface area contributed by atoms with Crippen molar-refractivity contribution in [2.24, 2.45) is 5.84 Å². The number of carbonyl (C=O) groups excluding carboxylic acids is 1. The van der Waals surface area contributed by atoms with E-state index < -0.39 is 0 Å². The van der Waals surface area contributed by atoms with Crippen LogP contribution in [0.15, 0.2) is 24.3 Å². The fraction of sp³-hybridized carbons (Fsp3) is 0.308. The highest BCUT2D eigenvalue weighted by Gasteiger charge is 2.14. The van der Waals surface area contributed by atoms with Crippen LogP contribution in [0.4, 0.5) is 0 Å². The molecule has 0 aliphatic heterocycles. The van der Waals surface area contributed by atoms with Gasteiger partial charge in [-0.1, -0.05) is 12.1 Å². The van der Waals surface area contributed by atoms with Crippen LogP contribution in [0.2, 0.25) is 0 Å². The molecule has 90 valence electrons. The number of nitrogens with one attached hydrogen (secondary N) is 1. The molecule has 0 saturated carbocycles. The number of rotatable bonds is 4. The van der Waals surface area contributed by atoms with E-state index in [2.05, 4.69) is 25.4 Å². The molecular weight excluding hydrogens is 214 g/mol. The third kappa shape index (κ3) is 3.91. The predicted molar refractivity (Wildman–Crippen MR) is 67.6 cm³/mol. The third-order valence-corrected chi connectivity index (χ3v) is 2.48. The summed E-state index contributed by atoms with van der Waals surface area (Å²) < 4.78 is 0.721. The predicted octanol–water partition coefficient (Wildman–Crippen LogP) is 0.500. The van der Waals surface area contributed by atoms with Crippen LogP contribution >= 0.6 is 0 Å². The molecule has 0 aromatic heterocycles. The van der Waals surface area contributed by atoms with Crippen LogP contribution in [-0.2, 0) is 6.54 Å². The summed E-state index contributed by atoms with van der Waals surface area (Å²) in [7, 11) is 4.14. The van der Waals surface area contributed by atoms with E-state index in [0.29, 0.717) is 12.1 Å². The van der Waals surface area contributed by atoms with Crippen LogP contribution in [0.1, 0.15) is 15.9 Å². The smallest absolute Gasteiger partial charge is 0.265 e. The molecule has 1 rings (SSSR count). The molecule has 0 radical (unpaired) electrons. The first-order valence-electron chi connectivity index (χ1n) is 5.34. The first-order valence-corrected chi connectivity index (χ1v) is 5.34. The van der Waals surface area contributed by atoms with E-state index >= 15 is 0 Å². The second-order valence-corrected chi connectivity index (χ2v) is 4.63. The molecule has 0 aliphatic carbocycles. The lowest BCUT2D eigenvalue weighted by Crippen LogP contribution is -2.38. The van der Waals surface area contributed by atoms with Gasteiger partial charge in [-0.3, -0.25) is 10.2 Å². The molecule has 0 bridgehead atoms. The number of amides is 1. The van der Waals surface area contributed by atoms with Crippen LogP contribution in [0, 0.1) is 12.3 Å². The monoisotopic (exact) mass is 232 g/mol. The summed E-state index contributed by atoms with van der Waals surface area (Å²) in [6.07, 6.45) is 5.32. The maximum Gasteiger partial charge on any atom is 0.265 e. The van der Waals surface area contributed by atoms with Gasteiger partial charge in [0.15, 0.2) is 0 Å². The van der Waals surface area contributed by atoms with Crippen LogP contribution in [0.3, 0.4) is 0 Å². The van der Waals surface area contributed by atoms with Crippen molar-refractivity contribution in [1.29, 1.82) is 0 Å². The van der Waals surface area contributed by atoms with Gasteiger partial charge in [0.05, 0.1) is 14.1 Å². The molecule has 0 aliphatic rings. The Hall–Kier alpha value is -1.83. The van der Waals surface area contributed by atoms with Crippen molar-refractivity contribution in [3.05, 3.63) is 35.4 Å². The maximum absolute atomic E-state index is 11.2. The SMILES string of the molecule is C#CC[N+](C)(C)Cc1ccc(C(=O)NN)cc1. The van der Waals surface area contributed by atoms with E-state index in [-0.39, 0.29) is 5.91 Å². The Morgan fingerprint density at radius 1 is 1.41 bits per heavy atom. The first-order chi connectivity index (χ1) is 7.98. The van der Waals surface area contributed by atoms with Gasteiger partial charge in [-0.25, -0.2) is 5.84 Å². The number of hydrogen-bond donors (Lipinski definition) is 2. The van der Waals surface area contributed by atoms with Gasteiger partial charge in [-0.2, -0.15) is 0 Å². The summed E-state index contributed by atoms with van der Waals surface area (Å²) in [5.74, 6) is 7.43. The average molecular weight is 232 g/mol. The summed E-state index contributed by atoms with van der Waals surface area (Å²) in [4.78, 5) is 11.2. The van der Waals surface area contributed by atoms with Gasteiger partial charge in [0.1, 0.15) is 13.1 Å². The van der Waals surface area contributed by atoms with E-state index in [9.17, 15) is 4.79 Å². The lowest BCUT2D eigenvalue weighted by molar-refractivity contribution is -0.896. The summed E-state index contributed by atoms with van der Waals surface area (Å²) >= 11 is 0. The number of terminal acetylenes is 1. The number of carbonyl (C=O) groups is 1. The number of nitrogens with zero attached hydrogens (tertiary/aromatic N) is 1. The lowest BCUT2D eigenvalue weighted by Gasteiger charge is -2.27. The Morgan fingerprint density at radius 3 is 2.47 bits per heavy atom. The van der Waals surface area contributed by atoms with E-state index in [0.717, 1.165) is 16.6 Å². The van der Waals surface area contributed by atoms with Crippen molar-refractivity contribution in [3.63, 3.8) is 0 Å². The molecule has 17 heavy (non-hydrogen) atoms. The van der Waals surface area contributed by atoms with Crippen molar-refractivity contribution in [1.82, 2.24) is 5.43 Å². The number of hydrogen-bond acceptors (Lipinski definition) is 2. The molecule has 0 atom stereocenters. The van der Waals surface area contributed by atoms with Crippen molar-refractivity contribution in [2.75, 3.05) is 20.6 Å². The van der Waals surface area contributed by atoms with E-state index in [1.807, 2.05) is 12.1 Å². The minimum absolute atomic E-state index is 0.283. The van der Waals surface area contributed by atoms with Gasteiger partial charge in [-0.05, 0) is 18.1 Å². The van der Waals surface area contributed by atoms with Crippen LogP contribution < -0.4 is 11.3 Å². The Labute approximate surface area is 102 Å². The molecule has 0 unspecified atom stereocenters. The van der Waals surface area contributed by atoms with Crippen LogP contribution in [-0.4, -0.2) is 31.0 Å². The molecule has 0 saturated heterocycles. The quantitative estimate of drug-likeness (QED) is 0.261. The van der Waals surface area contributed by atoms with Gasteiger partial charge in [0, 0.05) is 11.1 Å². The number of nitrogen functional groups attached to an aromatic ring is 1. The second kappa shape index (κ2) is 5.48. The van der Waals surface area contributed by atoms with E-state index in [4.69, 9.17) is 12.3 Å². The van der Waals surface area contributed by atoms with Gasteiger partial charge in [0.25, 0.3) is 5.91 Å².